The van der Waals surface area contributed by atoms with Gasteiger partial charge in [-0.25, -0.2) is 4.79 Å². The van der Waals surface area contributed by atoms with Crippen LogP contribution in [-0.2, 0) is 22.6 Å². The summed E-state index contributed by atoms with van der Waals surface area (Å²) >= 11 is 0. The monoisotopic (exact) mass is 657 g/mol. The van der Waals surface area contributed by atoms with E-state index in [0.29, 0.717) is 35.4 Å². The van der Waals surface area contributed by atoms with Crippen molar-refractivity contribution in [2.75, 3.05) is 32.2 Å². The van der Waals surface area contributed by atoms with E-state index in [2.05, 4.69) is 12.4 Å². The summed E-state index contributed by atoms with van der Waals surface area (Å²) in [7, 11) is 2.14. The first-order valence-electron chi connectivity index (χ1n) is 16.9. The van der Waals surface area contributed by atoms with E-state index < -0.39 is 24.0 Å². The van der Waals surface area contributed by atoms with E-state index in [-0.39, 0.29) is 30.9 Å². The predicted octanol–water partition coefficient (Wildman–Crippen LogP) is 5.35. The van der Waals surface area contributed by atoms with E-state index >= 15 is 0 Å². The number of amides is 3. The lowest BCUT2D eigenvalue weighted by Gasteiger charge is -2.44. The number of rotatable bonds is 9. The summed E-state index contributed by atoms with van der Waals surface area (Å²) in [6.07, 6.45) is 6.60. The number of hydrogen-bond acceptors (Lipinski definition) is 8. The number of phenolic OH excluding ortho intramolecular Hbond substituents is 1. The molecule has 3 aromatic carbocycles. The van der Waals surface area contributed by atoms with E-state index in [4.69, 9.17) is 19.9 Å². The number of nitrogens with one attached hydrogen (secondary N) is 1. The van der Waals surface area contributed by atoms with Crippen molar-refractivity contribution >= 4 is 23.6 Å². The summed E-state index contributed by atoms with van der Waals surface area (Å²) in [5, 5.41) is 12.6. The first-order chi connectivity index (χ1) is 23.2. The number of piperidine rings is 1. The lowest BCUT2D eigenvalue weighted by Crippen LogP contribution is -2.62. The zero-order chi connectivity index (χ0) is 33.7. The number of anilines is 1. The second kappa shape index (κ2) is 14.7. The van der Waals surface area contributed by atoms with Gasteiger partial charge in [-0.05, 0) is 92.3 Å². The van der Waals surface area contributed by atoms with Crippen LogP contribution in [0.4, 0.5) is 10.5 Å². The molecule has 1 unspecified atom stereocenters. The number of likely N-dealkylation sites (N-methyl/N-ethyl adjacent to an activating group) is 1. The predicted molar refractivity (Wildman–Crippen MR) is 180 cm³/mol. The highest BCUT2D eigenvalue weighted by Crippen LogP contribution is 2.34. The van der Waals surface area contributed by atoms with Crippen LogP contribution < -0.4 is 25.3 Å². The number of nitrogens with zero attached hydrogens (tertiary/aromatic N) is 2. The molecule has 48 heavy (non-hydrogen) atoms. The van der Waals surface area contributed by atoms with Crippen LogP contribution in [0.3, 0.4) is 0 Å². The van der Waals surface area contributed by atoms with Crippen LogP contribution in [0.5, 0.6) is 23.0 Å². The summed E-state index contributed by atoms with van der Waals surface area (Å²) in [5.41, 5.74) is 8.81. The SMILES string of the molecule is C[N+]1(Cc2ccc3c(c2)OCO3)CCC[C@H](N(C(=O)Nc2ccc(OC(=O)C3CCCCC3)cc2)C(=O)[C@@H](N)Cc2ccc(O)cc2)C1. The molecule has 254 valence electrons. The number of imide groups is 1. The lowest BCUT2D eigenvalue weighted by atomic mass is 9.89. The van der Waals surface area contributed by atoms with Crippen molar-refractivity contribution in [2.24, 2.45) is 11.7 Å². The Kier molecular flexibility index (Phi) is 10.2. The van der Waals surface area contributed by atoms with Gasteiger partial charge in [0.25, 0.3) is 0 Å². The van der Waals surface area contributed by atoms with Crippen LogP contribution in [-0.4, -0.2) is 71.4 Å². The van der Waals surface area contributed by atoms with Crippen molar-refractivity contribution in [3.63, 3.8) is 0 Å². The molecule has 1 aliphatic carbocycles. The van der Waals surface area contributed by atoms with Crippen LogP contribution in [0, 0.1) is 5.92 Å². The van der Waals surface area contributed by atoms with Crippen LogP contribution >= 0.6 is 0 Å². The maximum absolute atomic E-state index is 14.1. The van der Waals surface area contributed by atoms with Crippen LogP contribution in [0.1, 0.15) is 56.1 Å². The van der Waals surface area contributed by atoms with Crippen molar-refractivity contribution < 1.29 is 38.2 Å². The number of nitrogens with two attached hydrogens (primary N) is 1. The highest BCUT2D eigenvalue weighted by Gasteiger charge is 2.41. The van der Waals surface area contributed by atoms with Gasteiger partial charge in [-0.3, -0.25) is 14.5 Å². The topological polar surface area (TPSA) is 140 Å². The average molecular weight is 658 g/mol. The molecule has 2 aliphatic heterocycles. The molecule has 11 heteroatoms. The maximum atomic E-state index is 14.1. The molecule has 3 atom stereocenters. The number of carbonyl (C=O) groups excluding carboxylic acids is 3. The summed E-state index contributed by atoms with van der Waals surface area (Å²) in [6, 6.07) is 17.2. The Labute approximate surface area is 281 Å². The Morgan fingerprint density at radius 2 is 1.65 bits per heavy atom. The molecule has 11 nitrogen and oxygen atoms in total. The van der Waals surface area contributed by atoms with Gasteiger partial charge in [0.1, 0.15) is 24.6 Å². The molecular weight excluding hydrogens is 612 g/mol. The Balaban J connectivity index is 1.18. The number of benzene rings is 3. The molecule has 1 saturated carbocycles. The second-order valence-corrected chi connectivity index (χ2v) is 13.6. The molecule has 0 radical (unpaired) electrons. The summed E-state index contributed by atoms with van der Waals surface area (Å²) in [4.78, 5) is 42.0. The fourth-order valence-corrected chi connectivity index (χ4v) is 7.16. The molecule has 2 heterocycles. The molecule has 3 aromatic rings. The van der Waals surface area contributed by atoms with Gasteiger partial charge in [0.15, 0.2) is 11.5 Å². The van der Waals surface area contributed by atoms with Gasteiger partial charge in [-0.1, -0.05) is 31.4 Å². The third-order valence-electron chi connectivity index (χ3n) is 9.68. The summed E-state index contributed by atoms with van der Waals surface area (Å²) in [5.74, 6) is 1.22. The number of fused-ring (bicyclic) bond motifs is 1. The largest absolute Gasteiger partial charge is 0.508 e. The first-order valence-corrected chi connectivity index (χ1v) is 16.9. The van der Waals surface area contributed by atoms with Crippen molar-refractivity contribution in [1.29, 1.82) is 0 Å². The molecule has 2 fully saturated rings. The van der Waals surface area contributed by atoms with Gasteiger partial charge >= 0.3 is 12.0 Å². The Morgan fingerprint density at radius 3 is 2.40 bits per heavy atom. The van der Waals surface area contributed by atoms with Crippen LogP contribution in [0.2, 0.25) is 0 Å². The van der Waals surface area contributed by atoms with Crippen molar-refractivity contribution in [3.8, 4) is 23.0 Å². The summed E-state index contributed by atoms with van der Waals surface area (Å²) < 4.78 is 17.3. The zero-order valence-corrected chi connectivity index (χ0v) is 27.4. The normalized spacial score (nSPS) is 21.2. The minimum absolute atomic E-state index is 0.0758. The smallest absolute Gasteiger partial charge is 0.329 e. The van der Waals surface area contributed by atoms with Gasteiger partial charge in [0.05, 0.1) is 31.6 Å². The third kappa shape index (κ3) is 8.08. The fourth-order valence-electron chi connectivity index (χ4n) is 7.16. The summed E-state index contributed by atoms with van der Waals surface area (Å²) in [6.45, 7) is 2.33. The number of quaternary nitrogens is 1. The van der Waals surface area contributed by atoms with Gasteiger partial charge in [-0.15, -0.1) is 0 Å². The Morgan fingerprint density at radius 1 is 0.938 bits per heavy atom. The number of likely N-dealkylation sites (tertiary alicyclic amines) is 1. The molecule has 4 N–H and O–H groups in total. The molecule has 1 saturated heterocycles. The van der Waals surface area contributed by atoms with E-state index in [9.17, 15) is 19.5 Å². The molecule has 0 bridgehead atoms. The molecule has 6 rings (SSSR count). The van der Waals surface area contributed by atoms with E-state index in [1.54, 1.807) is 48.5 Å². The number of hydrogen-bond donors (Lipinski definition) is 3. The minimum Gasteiger partial charge on any atom is -0.508 e. The quantitative estimate of drug-likeness (QED) is 0.159. The molecular formula is C37H45N4O7+. The highest BCUT2D eigenvalue weighted by atomic mass is 16.7. The number of carbonyl (C=O) groups is 3. The van der Waals surface area contributed by atoms with Gasteiger partial charge in [0, 0.05) is 11.3 Å². The molecule has 3 aliphatic rings. The van der Waals surface area contributed by atoms with Crippen molar-refractivity contribution in [2.45, 2.75) is 70.0 Å². The molecule has 0 spiro atoms. The van der Waals surface area contributed by atoms with Gasteiger partial charge in [-0.2, -0.15) is 0 Å². The van der Waals surface area contributed by atoms with Crippen molar-refractivity contribution in [1.82, 2.24) is 4.90 Å². The van der Waals surface area contributed by atoms with Gasteiger partial charge < -0.3 is 34.9 Å². The van der Waals surface area contributed by atoms with Crippen LogP contribution in [0.15, 0.2) is 66.7 Å². The Bertz CT molecular complexity index is 1610. The van der Waals surface area contributed by atoms with Gasteiger partial charge in [0.2, 0.25) is 12.7 Å². The minimum atomic E-state index is -0.976. The first kappa shape index (κ1) is 33.3. The number of aromatic hydroxyl groups is 1. The number of ether oxygens (including phenoxy) is 3. The second-order valence-electron chi connectivity index (χ2n) is 13.6. The number of esters is 1. The van der Waals surface area contributed by atoms with E-state index in [1.165, 1.54) is 4.90 Å². The van der Waals surface area contributed by atoms with Crippen LogP contribution in [0.25, 0.3) is 0 Å². The highest BCUT2D eigenvalue weighted by molar-refractivity contribution is 6.03. The molecule has 3 amide bonds. The number of phenols is 1. The average Bonchev–Trinajstić information content (AvgIpc) is 3.55. The van der Waals surface area contributed by atoms with Crippen molar-refractivity contribution in [3.05, 3.63) is 77.9 Å². The standard InChI is InChI=1S/C37H44N4O7/c1-41(22-26-11-18-33-34(21-26)47-24-46-33)19-5-8-29(23-41)40(35(43)32(38)20-25-9-14-30(42)15-10-25)37(45)39-28-12-16-31(17-13-28)48-36(44)27-6-3-2-4-7-27/h9-18,21,27,29,32H,2-8,19-20,22-24,38H2,1H3,(H-,39,42,45)/p+1/t29-,32-,41?/m0/s1. The lowest BCUT2D eigenvalue weighted by molar-refractivity contribution is -0.928. The molecule has 0 aromatic heterocycles. The maximum Gasteiger partial charge on any atom is 0.329 e. The zero-order valence-electron chi connectivity index (χ0n) is 27.4. The fraction of sp³-hybridized carbons (Fsp3) is 0.432. The Hall–Kier alpha value is -4.61. The van der Waals surface area contributed by atoms with E-state index in [1.807, 2.05) is 18.2 Å². The third-order valence-corrected chi connectivity index (χ3v) is 9.68. The van der Waals surface area contributed by atoms with E-state index in [0.717, 1.165) is 67.7 Å². The number of urea groups is 1.